The number of halogens is 2. The van der Waals surface area contributed by atoms with E-state index in [4.69, 9.17) is 0 Å². The highest BCUT2D eigenvalue weighted by molar-refractivity contribution is 5.92. The number of aromatic nitrogens is 2. The fourth-order valence-electron chi connectivity index (χ4n) is 3.43. The van der Waals surface area contributed by atoms with Gasteiger partial charge in [0.25, 0.3) is 0 Å². The summed E-state index contributed by atoms with van der Waals surface area (Å²) in [6, 6.07) is 9.57. The van der Waals surface area contributed by atoms with Gasteiger partial charge in [-0.3, -0.25) is 14.2 Å². The number of carbonyl (C=O) groups is 2. The molecular formula is C21H24F2N4O2. The molecule has 2 amide bonds. The maximum Gasteiger partial charge on any atom is 0.319 e. The van der Waals surface area contributed by atoms with E-state index < -0.39 is 6.55 Å². The van der Waals surface area contributed by atoms with Gasteiger partial charge in [0.15, 0.2) is 0 Å². The summed E-state index contributed by atoms with van der Waals surface area (Å²) in [4.78, 5) is 32.1. The van der Waals surface area contributed by atoms with Crippen LogP contribution in [0.3, 0.4) is 0 Å². The Labute approximate surface area is 168 Å². The molecule has 1 aliphatic rings. The minimum atomic E-state index is -2.69. The molecule has 29 heavy (non-hydrogen) atoms. The number of piperidine rings is 1. The Morgan fingerprint density at radius 1 is 1.24 bits per heavy atom. The van der Waals surface area contributed by atoms with E-state index in [9.17, 15) is 18.4 Å². The molecule has 154 valence electrons. The Balaban J connectivity index is 1.50. The number of hydrogen-bond acceptors (Lipinski definition) is 3. The lowest BCUT2D eigenvalue weighted by atomic mass is 9.95. The van der Waals surface area contributed by atoms with E-state index in [2.05, 4.69) is 4.98 Å². The van der Waals surface area contributed by atoms with Crippen molar-refractivity contribution in [3.8, 4) is 0 Å². The van der Waals surface area contributed by atoms with Gasteiger partial charge in [-0.05, 0) is 24.5 Å². The molecule has 6 nitrogen and oxygen atoms in total. The van der Waals surface area contributed by atoms with Crippen LogP contribution in [0.1, 0.15) is 30.8 Å². The molecule has 1 aromatic heterocycles. The highest BCUT2D eigenvalue weighted by Crippen LogP contribution is 2.21. The van der Waals surface area contributed by atoms with Crippen molar-refractivity contribution >= 4 is 17.9 Å². The van der Waals surface area contributed by atoms with Crippen LogP contribution >= 0.6 is 0 Å². The number of alkyl halides is 2. The molecule has 0 saturated carbocycles. The number of amides is 2. The molecule has 0 N–H and O–H groups in total. The first kappa shape index (κ1) is 20.7. The Kier molecular flexibility index (Phi) is 6.74. The van der Waals surface area contributed by atoms with Gasteiger partial charge in [0.05, 0.1) is 6.54 Å². The quantitative estimate of drug-likeness (QED) is 0.698. The molecule has 3 rings (SSSR count). The van der Waals surface area contributed by atoms with Gasteiger partial charge in [0, 0.05) is 44.5 Å². The van der Waals surface area contributed by atoms with Crippen LogP contribution in [0.2, 0.25) is 0 Å². The maximum absolute atomic E-state index is 12.9. The zero-order chi connectivity index (χ0) is 20.8. The van der Waals surface area contributed by atoms with Crippen LogP contribution in [0.4, 0.5) is 8.78 Å². The summed E-state index contributed by atoms with van der Waals surface area (Å²) in [6.07, 6.45) is 6.93. The lowest BCUT2D eigenvalue weighted by Crippen LogP contribution is -2.43. The largest absolute Gasteiger partial charge is 0.339 e. The summed E-state index contributed by atoms with van der Waals surface area (Å²) < 4.78 is 26.6. The lowest BCUT2D eigenvalue weighted by molar-refractivity contribution is -0.138. The van der Waals surface area contributed by atoms with Crippen molar-refractivity contribution in [1.29, 1.82) is 0 Å². The van der Waals surface area contributed by atoms with Crippen LogP contribution in [0.5, 0.6) is 0 Å². The van der Waals surface area contributed by atoms with E-state index in [-0.39, 0.29) is 30.1 Å². The molecule has 1 aliphatic heterocycles. The second-order valence-electron chi connectivity index (χ2n) is 7.07. The molecule has 2 aromatic rings. The second kappa shape index (κ2) is 9.45. The molecule has 0 atom stereocenters. The Morgan fingerprint density at radius 3 is 2.59 bits per heavy atom. The molecule has 0 bridgehead atoms. The van der Waals surface area contributed by atoms with Crippen LogP contribution in [0.25, 0.3) is 6.08 Å². The van der Waals surface area contributed by atoms with Crippen molar-refractivity contribution in [3.63, 3.8) is 0 Å². The molecule has 0 radical (unpaired) electrons. The van der Waals surface area contributed by atoms with Crippen molar-refractivity contribution in [2.75, 3.05) is 20.1 Å². The number of hydrogen-bond donors (Lipinski definition) is 0. The zero-order valence-corrected chi connectivity index (χ0v) is 16.2. The van der Waals surface area contributed by atoms with Crippen LogP contribution in [-0.4, -0.2) is 51.3 Å². The smallest absolute Gasteiger partial charge is 0.319 e. The zero-order valence-electron chi connectivity index (χ0n) is 16.2. The lowest BCUT2D eigenvalue weighted by Gasteiger charge is -2.32. The summed E-state index contributed by atoms with van der Waals surface area (Å²) in [5, 5.41) is 0. The van der Waals surface area contributed by atoms with Gasteiger partial charge in [-0.15, -0.1) is 0 Å². The standard InChI is InChI=1S/C21H24F2N4O2/c1-25(15-18-24-11-14-27(18)21(22)23)20(29)17-9-12-26(13-10-17)19(28)8-7-16-5-3-2-4-6-16/h2-8,11,14,17,21H,9-10,12-13,15H2,1H3/b8-7+. The van der Waals surface area contributed by atoms with Gasteiger partial charge in [-0.1, -0.05) is 30.3 Å². The van der Waals surface area contributed by atoms with E-state index >= 15 is 0 Å². The number of imidazole rings is 1. The topological polar surface area (TPSA) is 58.4 Å². The summed E-state index contributed by atoms with van der Waals surface area (Å²) in [7, 11) is 1.59. The highest BCUT2D eigenvalue weighted by Gasteiger charge is 2.29. The normalized spacial score (nSPS) is 15.2. The van der Waals surface area contributed by atoms with Gasteiger partial charge in [0.1, 0.15) is 5.82 Å². The maximum atomic E-state index is 12.9. The van der Waals surface area contributed by atoms with Gasteiger partial charge < -0.3 is 9.80 Å². The Morgan fingerprint density at radius 2 is 1.93 bits per heavy atom. The number of carbonyl (C=O) groups excluding carboxylic acids is 2. The van der Waals surface area contributed by atoms with E-state index in [1.165, 1.54) is 17.3 Å². The number of likely N-dealkylation sites (tertiary alicyclic amines) is 1. The van der Waals surface area contributed by atoms with Gasteiger partial charge in [-0.2, -0.15) is 8.78 Å². The van der Waals surface area contributed by atoms with Crippen LogP contribution < -0.4 is 0 Å². The Bertz CT molecular complexity index is 859. The average Bonchev–Trinajstić information content (AvgIpc) is 3.20. The predicted octanol–water partition coefficient (Wildman–Crippen LogP) is 3.19. The molecule has 8 heteroatoms. The average molecular weight is 402 g/mol. The van der Waals surface area contributed by atoms with E-state index in [0.29, 0.717) is 25.9 Å². The van der Waals surface area contributed by atoms with Crippen molar-refractivity contribution in [2.24, 2.45) is 5.92 Å². The molecule has 0 spiro atoms. The SMILES string of the molecule is CN(Cc1nccn1C(F)F)C(=O)C1CCN(C(=O)/C=C/c2ccccc2)CC1. The second-order valence-corrected chi connectivity index (χ2v) is 7.07. The fraction of sp³-hybridized carbons (Fsp3) is 0.381. The van der Waals surface area contributed by atoms with Crippen LogP contribution in [0, 0.1) is 5.92 Å². The van der Waals surface area contributed by atoms with Crippen molar-refractivity contribution in [2.45, 2.75) is 25.9 Å². The summed E-state index contributed by atoms with van der Waals surface area (Å²) in [6.45, 7) is -1.68. The summed E-state index contributed by atoms with van der Waals surface area (Å²) in [5.41, 5.74) is 0.953. The fourth-order valence-corrected chi connectivity index (χ4v) is 3.43. The number of rotatable bonds is 6. The van der Waals surface area contributed by atoms with Gasteiger partial charge >= 0.3 is 6.55 Å². The van der Waals surface area contributed by atoms with Gasteiger partial charge in [-0.25, -0.2) is 4.98 Å². The van der Waals surface area contributed by atoms with E-state index in [0.717, 1.165) is 10.1 Å². The first-order chi connectivity index (χ1) is 14.0. The van der Waals surface area contributed by atoms with E-state index in [1.54, 1.807) is 24.1 Å². The molecule has 2 heterocycles. The monoisotopic (exact) mass is 402 g/mol. The van der Waals surface area contributed by atoms with Crippen molar-refractivity contribution in [3.05, 3.63) is 60.2 Å². The number of benzene rings is 1. The van der Waals surface area contributed by atoms with Crippen molar-refractivity contribution < 1.29 is 18.4 Å². The molecule has 0 aliphatic carbocycles. The van der Waals surface area contributed by atoms with Crippen LogP contribution in [-0.2, 0) is 16.1 Å². The minimum Gasteiger partial charge on any atom is -0.339 e. The third-order valence-electron chi connectivity index (χ3n) is 5.09. The molecular weight excluding hydrogens is 378 g/mol. The number of nitrogens with zero attached hydrogens (tertiary/aromatic N) is 4. The predicted molar refractivity (Wildman–Crippen MR) is 105 cm³/mol. The van der Waals surface area contributed by atoms with Crippen molar-refractivity contribution in [1.82, 2.24) is 19.4 Å². The minimum absolute atomic E-state index is 0.0229. The Hall–Kier alpha value is -3.03. The highest BCUT2D eigenvalue weighted by atomic mass is 19.3. The van der Waals surface area contributed by atoms with Crippen LogP contribution in [0.15, 0.2) is 48.8 Å². The summed E-state index contributed by atoms with van der Waals surface area (Å²) >= 11 is 0. The summed E-state index contributed by atoms with van der Waals surface area (Å²) in [5.74, 6) is -0.264. The third kappa shape index (κ3) is 5.28. The third-order valence-corrected chi connectivity index (χ3v) is 5.09. The molecule has 1 aromatic carbocycles. The van der Waals surface area contributed by atoms with Gasteiger partial charge in [0.2, 0.25) is 11.8 Å². The molecule has 1 fully saturated rings. The van der Waals surface area contributed by atoms with E-state index in [1.807, 2.05) is 30.3 Å². The molecule has 1 saturated heterocycles. The first-order valence-corrected chi connectivity index (χ1v) is 9.52. The first-order valence-electron chi connectivity index (χ1n) is 9.52. The molecule has 0 unspecified atom stereocenters.